The number of primary amides is 1. The van der Waals surface area contributed by atoms with Gasteiger partial charge in [0.05, 0.1) is 16.2 Å². The van der Waals surface area contributed by atoms with E-state index in [1.165, 1.54) is 11.8 Å². The van der Waals surface area contributed by atoms with Gasteiger partial charge >= 0.3 is 0 Å². The second kappa shape index (κ2) is 9.01. The number of nitrogens with zero attached hydrogens (tertiary/aromatic N) is 3. The Morgan fingerprint density at radius 2 is 2.00 bits per heavy atom. The minimum Gasteiger partial charge on any atom is -0.369 e. The van der Waals surface area contributed by atoms with E-state index >= 15 is 0 Å². The number of aromatic nitrogens is 2. The molecule has 2 aromatic rings. The van der Waals surface area contributed by atoms with E-state index in [4.69, 9.17) is 5.73 Å². The fraction of sp³-hybridized carbons (Fsp3) is 0.500. The van der Waals surface area contributed by atoms with Crippen LogP contribution in [0, 0.1) is 0 Å². The SMILES string of the molecule is CCN(CC)CCCn1c(SC(C)C(N)=O)nc2ccccc2c1=O. The summed E-state index contributed by atoms with van der Waals surface area (Å²) in [6.07, 6.45) is 0.847. The van der Waals surface area contributed by atoms with Crippen LogP contribution in [-0.4, -0.2) is 45.2 Å². The molecule has 0 fully saturated rings. The molecule has 1 unspecified atom stereocenters. The molecule has 1 atom stereocenters. The molecule has 1 aromatic carbocycles. The van der Waals surface area contributed by atoms with Gasteiger partial charge in [-0.1, -0.05) is 37.7 Å². The maximum absolute atomic E-state index is 12.9. The van der Waals surface area contributed by atoms with Gasteiger partial charge in [-0.25, -0.2) is 4.98 Å². The van der Waals surface area contributed by atoms with E-state index in [1.807, 2.05) is 18.2 Å². The number of carbonyl (C=O) groups is 1. The van der Waals surface area contributed by atoms with Crippen LogP contribution in [0.3, 0.4) is 0 Å². The van der Waals surface area contributed by atoms with Crippen LogP contribution < -0.4 is 11.3 Å². The third-order valence-electron chi connectivity index (χ3n) is 4.26. The lowest BCUT2D eigenvalue weighted by Gasteiger charge is -2.19. The molecule has 2 rings (SSSR count). The lowest BCUT2D eigenvalue weighted by atomic mass is 10.2. The van der Waals surface area contributed by atoms with Gasteiger partial charge in [0.15, 0.2) is 5.16 Å². The smallest absolute Gasteiger partial charge is 0.262 e. The Labute approximate surface area is 152 Å². The van der Waals surface area contributed by atoms with Crippen molar-refractivity contribution in [2.75, 3.05) is 19.6 Å². The highest BCUT2D eigenvalue weighted by atomic mass is 32.2. The number of thioether (sulfide) groups is 1. The Balaban J connectivity index is 2.35. The first-order valence-electron chi connectivity index (χ1n) is 8.65. The number of fused-ring (bicyclic) bond motifs is 1. The van der Waals surface area contributed by atoms with Crippen LogP contribution in [0.1, 0.15) is 27.2 Å². The van der Waals surface area contributed by atoms with Crippen molar-refractivity contribution >= 4 is 28.6 Å². The van der Waals surface area contributed by atoms with Crippen LogP contribution in [0.4, 0.5) is 0 Å². The number of benzene rings is 1. The van der Waals surface area contributed by atoms with Gasteiger partial charge in [0, 0.05) is 6.54 Å². The topological polar surface area (TPSA) is 81.2 Å². The number of para-hydroxylation sites is 1. The minimum absolute atomic E-state index is 0.0654. The second-order valence-corrected chi connectivity index (χ2v) is 7.22. The van der Waals surface area contributed by atoms with Crippen LogP contribution in [-0.2, 0) is 11.3 Å². The van der Waals surface area contributed by atoms with Gasteiger partial charge < -0.3 is 10.6 Å². The van der Waals surface area contributed by atoms with Crippen molar-refractivity contribution in [1.82, 2.24) is 14.5 Å². The van der Waals surface area contributed by atoms with Gasteiger partial charge in [0.1, 0.15) is 0 Å². The molecule has 25 heavy (non-hydrogen) atoms. The maximum Gasteiger partial charge on any atom is 0.262 e. The summed E-state index contributed by atoms with van der Waals surface area (Å²) in [4.78, 5) is 31.2. The van der Waals surface area contributed by atoms with Gasteiger partial charge in [-0.2, -0.15) is 0 Å². The summed E-state index contributed by atoms with van der Waals surface area (Å²) in [7, 11) is 0. The zero-order valence-electron chi connectivity index (χ0n) is 15.1. The Bertz CT molecular complexity index is 786. The molecule has 1 amide bonds. The van der Waals surface area contributed by atoms with E-state index in [0.29, 0.717) is 22.6 Å². The predicted octanol–water partition coefficient (Wildman–Crippen LogP) is 2.09. The zero-order chi connectivity index (χ0) is 18.4. The van der Waals surface area contributed by atoms with Crippen molar-refractivity contribution in [3.05, 3.63) is 34.6 Å². The van der Waals surface area contributed by atoms with Gasteiger partial charge in [0.2, 0.25) is 5.91 Å². The summed E-state index contributed by atoms with van der Waals surface area (Å²) in [6.45, 7) is 9.45. The third kappa shape index (κ3) is 4.83. The number of hydrogen-bond donors (Lipinski definition) is 1. The van der Waals surface area contributed by atoms with Crippen LogP contribution in [0.25, 0.3) is 10.9 Å². The predicted molar refractivity (Wildman–Crippen MR) is 103 cm³/mol. The van der Waals surface area contributed by atoms with Gasteiger partial charge in [-0.3, -0.25) is 14.2 Å². The molecule has 0 bridgehead atoms. The van der Waals surface area contributed by atoms with E-state index in [1.54, 1.807) is 17.6 Å². The number of nitrogens with two attached hydrogens (primary N) is 1. The fourth-order valence-corrected chi connectivity index (χ4v) is 3.53. The first-order valence-corrected chi connectivity index (χ1v) is 9.53. The van der Waals surface area contributed by atoms with Crippen molar-refractivity contribution in [3.8, 4) is 0 Å². The molecule has 0 aliphatic rings. The summed E-state index contributed by atoms with van der Waals surface area (Å²) >= 11 is 1.24. The highest BCUT2D eigenvalue weighted by molar-refractivity contribution is 8.00. The zero-order valence-corrected chi connectivity index (χ0v) is 15.9. The van der Waals surface area contributed by atoms with Crippen LogP contribution in [0.5, 0.6) is 0 Å². The van der Waals surface area contributed by atoms with Gasteiger partial charge in [-0.15, -0.1) is 0 Å². The van der Waals surface area contributed by atoms with E-state index in [-0.39, 0.29) is 5.56 Å². The summed E-state index contributed by atoms with van der Waals surface area (Å²) in [5.41, 5.74) is 5.96. The maximum atomic E-state index is 12.9. The normalized spacial score (nSPS) is 12.6. The Morgan fingerprint density at radius 1 is 1.32 bits per heavy atom. The summed E-state index contributed by atoms with van der Waals surface area (Å²) in [5, 5.41) is 0.707. The van der Waals surface area contributed by atoms with E-state index in [2.05, 4.69) is 23.7 Å². The molecule has 0 aliphatic heterocycles. The summed E-state index contributed by atoms with van der Waals surface area (Å²) < 4.78 is 1.68. The number of hydrogen-bond acceptors (Lipinski definition) is 5. The molecular weight excluding hydrogens is 336 g/mol. The van der Waals surface area contributed by atoms with Crippen LogP contribution in [0.15, 0.2) is 34.2 Å². The van der Waals surface area contributed by atoms with Gasteiger partial charge in [-0.05, 0) is 45.1 Å². The number of amides is 1. The average molecular weight is 362 g/mol. The van der Waals surface area contributed by atoms with Crippen molar-refractivity contribution < 1.29 is 4.79 Å². The molecule has 136 valence electrons. The first kappa shape index (κ1) is 19.5. The minimum atomic E-state index is -0.443. The monoisotopic (exact) mass is 362 g/mol. The van der Waals surface area contributed by atoms with E-state index in [9.17, 15) is 9.59 Å². The van der Waals surface area contributed by atoms with Crippen molar-refractivity contribution in [2.24, 2.45) is 5.73 Å². The summed E-state index contributed by atoms with van der Waals surface area (Å²) in [6, 6.07) is 7.30. The standard InChI is InChI=1S/C18H26N4O2S/c1-4-21(5-2)11-8-12-22-17(24)14-9-6-7-10-15(14)20-18(22)25-13(3)16(19)23/h6-7,9-10,13H,4-5,8,11-12H2,1-3H3,(H2,19,23). The highest BCUT2D eigenvalue weighted by Gasteiger charge is 2.17. The molecule has 7 heteroatoms. The van der Waals surface area contributed by atoms with E-state index < -0.39 is 11.2 Å². The van der Waals surface area contributed by atoms with Crippen molar-refractivity contribution in [1.29, 1.82) is 0 Å². The van der Waals surface area contributed by atoms with E-state index in [0.717, 1.165) is 26.1 Å². The molecule has 1 heterocycles. The van der Waals surface area contributed by atoms with Crippen molar-refractivity contribution in [3.63, 3.8) is 0 Å². The molecule has 1 aromatic heterocycles. The lowest BCUT2D eigenvalue weighted by molar-refractivity contribution is -0.117. The molecule has 2 N–H and O–H groups in total. The molecule has 0 saturated heterocycles. The quantitative estimate of drug-likeness (QED) is 0.546. The van der Waals surface area contributed by atoms with Crippen LogP contribution >= 0.6 is 11.8 Å². The average Bonchev–Trinajstić information content (AvgIpc) is 2.61. The first-order chi connectivity index (χ1) is 12.0. The largest absolute Gasteiger partial charge is 0.369 e. The Hall–Kier alpha value is -1.86. The molecule has 6 nitrogen and oxygen atoms in total. The van der Waals surface area contributed by atoms with Gasteiger partial charge in [0.25, 0.3) is 5.56 Å². The molecular formula is C18H26N4O2S. The fourth-order valence-electron chi connectivity index (χ4n) is 2.64. The molecule has 0 saturated carbocycles. The lowest BCUT2D eigenvalue weighted by Crippen LogP contribution is -2.29. The third-order valence-corrected chi connectivity index (χ3v) is 5.37. The number of carbonyl (C=O) groups excluding carboxylic acids is 1. The number of rotatable bonds is 9. The Kier molecular flexibility index (Phi) is 7.01. The molecule has 0 aliphatic carbocycles. The second-order valence-electron chi connectivity index (χ2n) is 5.91. The van der Waals surface area contributed by atoms with Crippen molar-refractivity contribution in [2.45, 2.75) is 44.1 Å². The van der Waals surface area contributed by atoms with Crippen LogP contribution in [0.2, 0.25) is 0 Å². The Morgan fingerprint density at radius 3 is 2.64 bits per heavy atom. The summed E-state index contributed by atoms with van der Waals surface area (Å²) in [5.74, 6) is -0.415. The highest BCUT2D eigenvalue weighted by Crippen LogP contribution is 2.22. The molecule has 0 radical (unpaired) electrons. The molecule has 0 spiro atoms.